The lowest BCUT2D eigenvalue weighted by molar-refractivity contribution is 0.247. The Kier molecular flexibility index (Phi) is 3.18. The van der Waals surface area contributed by atoms with E-state index in [1.807, 2.05) is 6.92 Å². The zero-order chi connectivity index (χ0) is 13.4. The Bertz CT molecular complexity index is 610. The van der Waals surface area contributed by atoms with Crippen molar-refractivity contribution in [3.05, 3.63) is 29.3 Å². The van der Waals surface area contributed by atoms with Crippen molar-refractivity contribution >= 4 is 10.1 Å². The van der Waals surface area contributed by atoms with Gasteiger partial charge in [-0.05, 0) is 43.0 Å². The Hall–Kier alpha value is -1.38. The molecule has 0 unspecified atom stereocenters. The van der Waals surface area contributed by atoms with E-state index in [4.69, 9.17) is 9.81 Å². The molecule has 0 aliphatic heterocycles. The van der Waals surface area contributed by atoms with Crippen LogP contribution in [0.5, 0.6) is 0 Å². The number of nitriles is 1. The van der Waals surface area contributed by atoms with Crippen molar-refractivity contribution in [3.8, 4) is 6.07 Å². The molecule has 0 amide bonds. The smallest absolute Gasteiger partial charge is 0.282 e. The van der Waals surface area contributed by atoms with Gasteiger partial charge in [0.1, 0.15) is 0 Å². The first kappa shape index (κ1) is 13.1. The molecule has 1 saturated carbocycles. The molecule has 0 bridgehead atoms. The first-order chi connectivity index (χ1) is 8.39. The van der Waals surface area contributed by atoms with Gasteiger partial charge in [0.25, 0.3) is 10.1 Å². The lowest BCUT2D eigenvalue weighted by atomic mass is 9.62. The summed E-state index contributed by atoms with van der Waals surface area (Å²) in [5.41, 5.74) is 1.63. The Morgan fingerprint density at radius 2 is 2.11 bits per heavy atom. The fourth-order valence-electron chi connectivity index (χ4n) is 2.63. The Labute approximate surface area is 107 Å². The van der Waals surface area contributed by atoms with Crippen LogP contribution >= 0.6 is 0 Å². The highest BCUT2D eigenvalue weighted by Gasteiger charge is 2.39. The molecule has 1 aliphatic carbocycles. The molecule has 96 valence electrons. The van der Waals surface area contributed by atoms with Gasteiger partial charge in [-0.25, -0.2) is 0 Å². The molecule has 5 heteroatoms. The van der Waals surface area contributed by atoms with Gasteiger partial charge in [0, 0.05) is 11.8 Å². The number of aryl methyl sites for hydroxylation is 1. The lowest BCUT2D eigenvalue weighted by Crippen LogP contribution is -2.34. The number of hydrogen-bond donors (Lipinski definition) is 1. The maximum Gasteiger partial charge on any atom is 0.294 e. The van der Waals surface area contributed by atoms with Crippen molar-refractivity contribution < 1.29 is 13.0 Å². The maximum absolute atomic E-state index is 11.2. The SMILES string of the molecule is Cc1ccc(S(=O)(=O)O)cc1C1(CC#N)CCC1. The second kappa shape index (κ2) is 4.38. The van der Waals surface area contributed by atoms with Crippen LogP contribution in [0.2, 0.25) is 0 Å². The summed E-state index contributed by atoms with van der Waals surface area (Å²) in [5.74, 6) is 0. The predicted molar refractivity (Wildman–Crippen MR) is 66.8 cm³/mol. The monoisotopic (exact) mass is 265 g/mol. The molecule has 0 heterocycles. The topological polar surface area (TPSA) is 78.2 Å². The van der Waals surface area contributed by atoms with E-state index in [1.165, 1.54) is 12.1 Å². The molecular weight excluding hydrogens is 250 g/mol. The van der Waals surface area contributed by atoms with Crippen LogP contribution < -0.4 is 0 Å². The number of hydrogen-bond acceptors (Lipinski definition) is 3. The van der Waals surface area contributed by atoms with E-state index in [0.717, 1.165) is 30.4 Å². The quantitative estimate of drug-likeness (QED) is 0.852. The molecule has 0 spiro atoms. The molecule has 1 aromatic carbocycles. The van der Waals surface area contributed by atoms with Crippen LogP contribution in [0.4, 0.5) is 0 Å². The van der Waals surface area contributed by atoms with Gasteiger partial charge in [-0.2, -0.15) is 13.7 Å². The van der Waals surface area contributed by atoms with E-state index in [1.54, 1.807) is 6.07 Å². The normalized spacial score (nSPS) is 17.8. The molecule has 1 N–H and O–H groups in total. The van der Waals surface area contributed by atoms with Crippen molar-refractivity contribution in [2.24, 2.45) is 0 Å². The van der Waals surface area contributed by atoms with Gasteiger partial charge in [-0.1, -0.05) is 12.5 Å². The molecular formula is C13H15NO3S. The molecule has 2 rings (SSSR count). The number of rotatable bonds is 3. The van der Waals surface area contributed by atoms with Crippen LogP contribution in [0.15, 0.2) is 23.1 Å². The van der Waals surface area contributed by atoms with E-state index in [-0.39, 0.29) is 10.3 Å². The van der Waals surface area contributed by atoms with E-state index in [2.05, 4.69) is 6.07 Å². The average molecular weight is 265 g/mol. The Balaban J connectivity index is 2.54. The molecule has 1 aliphatic rings. The minimum Gasteiger partial charge on any atom is -0.282 e. The molecule has 0 atom stereocenters. The van der Waals surface area contributed by atoms with Gasteiger partial charge < -0.3 is 0 Å². The van der Waals surface area contributed by atoms with Gasteiger partial charge in [0.15, 0.2) is 0 Å². The minimum atomic E-state index is -4.18. The van der Waals surface area contributed by atoms with Crippen molar-refractivity contribution in [1.29, 1.82) is 5.26 Å². The summed E-state index contributed by atoms with van der Waals surface area (Å²) in [5, 5.41) is 8.93. The first-order valence-electron chi connectivity index (χ1n) is 5.85. The summed E-state index contributed by atoms with van der Waals surface area (Å²) in [4.78, 5) is -0.0904. The third-order valence-corrected chi connectivity index (χ3v) is 4.66. The summed E-state index contributed by atoms with van der Waals surface area (Å²) in [7, 11) is -4.18. The largest absolute Gasteiger partial charge is 0.294 e. The summed E-state index contributed by atoms with van der Waals surface area (Å²) in [6.07, 6.45) is 3.24. The maximum atomic E-state index is 11.2. The molecule has 18 heavy (non-hydrogen) atoms. The second-order valence-corrected chi connectivity index (χ2v) is 6.34. The average Bonchev–Trinajstić information content (AvgIpc) is 2.23. The van der Waals surface area contributed by atoms with Crippen LogP contribution in [0.3, 0.4) is 0 Å². The fraction of sp³-hybridized carbons (Fsp3) is 0.462. The summed E-state index contributed by atoms with van der Waals surface area (Å²) in [6.45, 7) is 1.90. The highest BCUT2D eigenvalue weighted by atomic mass is 32.2. The van der Waals surface area contributed by atoms with E-state index in [0.29, 0.717) is 6.42 Å². The molecule has 1 aromatic rings. The second-order valence-electron chi connectivity index (χ2n) is 4.92. The summed E-state index contributed by atoms with van der Waals surface area (Å²) < 4.78 is 31.5. The first-order valence-corrected chi connectivity index (χ1v) is 7.29. The molecule has 0 saturated heterocycles. The van der Waals surface area contributed by atoms with Gasteiger partial charge in [0.05, 0.1) is 11.0 Å². The van der Waals surface area contributed by atoms with Crippen LogP contribution in [0.1, 0.15) is 36.8 Å². The molecule has 1 fully saturated rings. The lowest BCUT2D eigenvalue weighted by Gasteiger charge is -2.41. The van der Waals surface area contributed by atoms with Gasteiger partial charge in [-0.15, -0.1) is 0 Å². The Morgan fingerprint density at radius 1 is 1.44 bits per heavy atom. The zero-order valence-electron chi connectivity index (χ0n) is 10.2. The van der Waals surface area contributed by atoms with E-state index in [9.17, 15) is 8.42 Å². The van der Waals surface area contributed by atoms with Crippen LogP contribution in [-0.2, 0) is 15.5 Å². The Morgan fingerprint density at radius 3 is 2.56 bits per heavy atom. The van der Waals surface area contributed by atoms with Gasteiger partial charge in [-0.3, -0.25) is 4.55 Å². The molecule has 0 aromatic heterocycles. The van der Waals surface area contributed by atoms with Gasteiger partial charge >= 0.3 is 0 Å². The summed E-state index contributed by atoms with van der Waals surface area (Å²) in [6, 6.07) is 6.78. The van der Waals surface area contributed by atoms with Crippen LogP contribution in [-0.4, -0.2) is 13.0 Å². The van der Waals surface area contributed by atoms with Crippen molar-refractivity contribution in [2.75, 3.05) is 0 Å². The van der Waals surface area contributed by atoms with Crippen LogP contribution in [0, 0.1) is 18.3 Å². The predicted octanol–water partition coefficient (Wildman–Crippen LogP) is 2.58. The molecule has 4 nitrogen and oxygen atoms in total. The van der Waals surface area contributed by atoms with E-state index < -0.39 is 10.1 Å². The van der Waals surface area contributed by atoms with Crippen molar-refractivity contribution in [1.82, 2.24) is 0 Å². The highest BCUT2D eigenvalue weighted by molar-refractivity contribution is 7.85. The number of nitrogens with zero attached hydrogens (tertiary/aromatic N) is 1. The van der Waals surface area contributed by atoms with Crippen LogP contribution in [0.25, 0.3) is 0 Å². The molecule has 0 radical (unpaired) electrons. The highest BCUT2D eigenvalue weighted by Crippen LogP contribution is 2.47. The van der Waals surface area contributed by atoms with Crippen molar-refractivity contribution in [3.63, 3.8) is 0 Å². The fourth-order valence-corrected chi connectivity index (χ4v) is 3.14. The zero-order valence-corrected chi connectivity index (χ0v) is 11.0. The van der Waals surface area contributed by atoms with Gasteiger partial charge in [0.2, 0.25) is 0 Å². The van der Waals surface area contributed by atoms with Crippen molar-refractivity contribution in [2.45, 2.75) is 42.9 Å². The number of benzene rings is 1. The summed E-state index contributed by atoms with van der Waals surface area (Å²) >= 11 is 0. The van der Waals surface area contributed by atoms with E-state index >= 15 is 0 Å². The third-order valence-electron chi connectivity index (χ3n) is 3.81. The minimum absolute atomic E-state index is 0.0904. The third kappa shape index (κ3) is 2.14. The standard InChI is InChI=1S/C13H15NO3S/c1-10-3-4-11(18(15,16)17)9-12(10)13(7-8-14)5-2-6-13/h3-4,9H,2,5-7H2,1H3,(H,15,16,17).